The lowest BCUT2D eigenvalue weighted by molar-refractivity contribution is -0.126. The van der Waals surface area contributed by atoms with Gasteiger partial charge < -0.3 is 20.9 Å². The van der Waals surface area contributed by atoms with Gasteiger partial charge in [-0.05, 0) is 51.4 Å². The highest BCUT2D eigenvalue weighted by Gasteiger charge is 2.28. The summed E-state index contributed by atoms with van der Waals surface area (Å²) in [6.07, 6.45) is 1.68. The van der Waals surface area contributed by atoms with Crippen LogP contribution in [0.4, 0.5) is 10.5 Å². The molecular formula is C18H28N4O2. The predicted octanol–water partition coefficient (Wildman–Crippen LogP) is 1.96. The molecule has 0 saturated carbocycles. The molecule has 0 spiro atoms. The number of nitrogens with one attached hydrogen (secondary N) is 3. The lowest BCUT2D eigenvalue weighted by Crippen LogP contribution is -2.48. The summed E-state index contributed by atoms with van der Waals surface area (Å²) in [5.74, 6) is -0.101. The minimum atomic E-state index is -0.137. The van der Waals surface area contributed by atoms with E-state index in [-0.39, 0.29) is 23.9 Å². The zero-order valence-corrected chi connectivity index (χ0v) is 14.8. The van der Waals surface area contributed by atoms with Gasteiger partial charge in [0.25, 0.3) is 0 Å². The van der Waals surface area contributed by atoms with Gasteiger partial charge in [-0.3, -0.25) is 4.79 Å². The zero-order valence-electron chi connectivity index (χ0n) is 14.8. The van der Waals surface area contributed by atoms with E-state index in [0.29, 0.717) is 19.6 Å². The van der Waals surface area contributed by atoms with Crippen LogP contribution in [0.1, 0.15) is 25.3 Å². The lowest BCUT2D eigenvalue weighted by Gasteiger charge is -2.32. The molecule has 6 heteroatoms. The minimum absolute atomic E-state index is 0.0326. The van der Waals surface area contributed by atoms with Crippen molar-refractivity contribution in [3.8, 4) is 0 Å². The predicted molar refractivity (Wildman–Crippen MR) is 96.0 cm³/mol. The molecule has 1 aromatic rings. The van der Waals surface area contributed by atoms with Crippen LogP contribution in [0.3, 0.4) is 0 Å². The van der Waals surface area contributed by atoms with E-state index in [9.17, 15) is 9.59 Å². The number of urea groups is 1. The molecule has 0 aliphatic carbocycles. The van der Waals surface area contributed by atoms with Gasteiger partial charge >= 0.3 is 6.03 Å². The highest BCUT2D eigenvalue weighted by Crippen LogP contribution is 2.18. The van der Waals surface area contributed by atoms with Gasteiger partial charge in [0.1, 0.15) is 0 Å². The fourth-order valence-corrected chi connectivity index (χ4v) is 2.80. The molecule has 6 nitrogen and oxygen atoms in total. The van der Waals surface area contributed by atoms with Gasteiger partial charge in [-0.1, -0.05) is 12.1 Å². The quantitative estimate of drug-likeness (QED) is 0.772. The number of carbonyl (C=O) groups excluding carboxylic acids is 2. The highest BCUT2D eigenvalue weighted by molar-refractivity contribution is 5.90. The fraction of sp³-hybridized carbons (Fsp3) is 0.556. The molecule has 1 aliphatic heterocycles. The van der Waals surface area contributed by atoms with E-state index in [0.717, 1.165) is 24.1 Å². The summed E-state index contributed by atoms with van der Waals surface area (Å²) >= 11 is 0. The number of likely N-dealkylation sites (tertiary alicyclic amines) is 1. The number of aryl methyl sites for hydroxylation is 1. The first-order valence-corrected chi connectivity index (χ1v) is 8.57. The fourth-order valence-electron chi connectivity index (χ4n) is 2.80. The van der Waals surface area contributed by atoms with E-state index < -0.39 is 0 Å². The minimum Gasteiger partial charge on any atom is -0.354 e. The first-order valence-electron chi connectivity index (χ1n) is 8.57. The molecule has 2 rings (SSSR count). The van der Waals surface area contributed by atoms with Crippen molar-refractivity contribution in [1.29, 1.82) is 0 Å². The Morgan fingerprint density at radius 1 is 1.38 bits per heavy atom. The molecule has 1 saturated heterocycles. The maximum atomic E-state index is 12.4. The summed E-state index contributed by atoms with van der Waals surface area (Å²) in [4.78, 5) is 26.5. The van der Waals surface area contributed by atoms with Crippen LogP contribution >= 0.6 is 0 Å². The Balaban J connectivity index is 1.87. The van der Waals surface area contributed by atoms with Crippen LogP contribution in [0.15, 0.2) is 24.3 Å². The Morgan fingerprint density at radius 2 is 2.17 bits per heavy atom. The number of likely N-dealkylation sites (N-methyl/N-ethyl adjacent to an activating group) is 1. The monoisotopic (exact) mass is 332 g/mol. The second kappa shape index (κ2) is 8.68. The molecule has 3 N–H and O–H groups in total. The Labute approximate surface area is 144 Å². The summed E-state index contributed by atoms with van der Waals surface area (Å²) in [5.41, 5.74) is 1.89. The van der Waals surface area contributed by atoms with Gasteiger partial charge in [0.05, 0.1) is 5.92 Å². The van der Waals surface area contributed by atoms with Gasteiger partial charge in [-0.15, -0.1) is 0 Å². The molecule has 2 unspecified atom stereocenters. The summed E-state index contributed by atoms with van der Waals surface area (Å²) in [6.45, 7) is 5.76. The third-order valence-electron chi connectivity index (χ3n) is 4.42. The van der Waals surface area contributed by atoms with Gasteiger partial charge in [0.2, 0.25) is 5.91 Å². The lowest BCUT2D eigenvalue weighted by atomic mass is 9.97. The molecule has 2 atom stereocenters. The van der Waals surface area contributed by atoms with Crippen molar-refractivity contribution < 1.29 is 9.59 Å². The normalized spacial score (nSPS) is 18.8. The number of anilines is 1. The van der Waals surface area contributed by atoms with Crippen LogP contribution in [0.5, 0.6) is 0 Å². The largest absolute Gasteiger partial charge is 0.354 e. The number of amides is 3. The molecule has 1 heterocycles. The Kier molecular flexibility index (Phi) is 6.61. The Bertz CT molecular complexity index is 576. The van der Waals surface area contributed by atoms with Gasteiger partial charge in [0.15, 0.2) is 0 Å². The van der Waals surface area contributed by atoms with Crippen molar-refractivity contribution in [2.45, 2.75) is 32.7 Å². The summed E-state index contributed by atoms with van der Waals surface area (Å²) in [6, 6.07) is 7.81. The standard InChI is InChI=1S/C18H28N4O2/c1-13-6-4-8-16(10-13)21-18(24)22-9-5-7-15(12-22)17(23)20-11-14(2)19-3/h4,6,8,10,14-15,19H,5,7,9,11-12H2,1-3H3,(H,20,23)(H,21,24). The third-order valence-corrected chi connectivity index (χ3v) is 4.42. The van der Waals surface area contributed by atoms with Crippen LogP contribution in [0, 0.1) is 12.8 Å². The average Bonchev–Trinajstić information content (AvgIpc) is 2.59. The molecule has 0 aromatic heterocycles. The summed E-state index contributed by atoms with van der Waals surface area (Å²) < 4.78 is 0. The maximum Gasteiger partial charge on any atom is 0.321 e. The third kappa shape index (κ3) is 5.23. The second-order valence-corrected chi connectivity index (χ2v) is 6.52. The van der Waals surface area contributed by atoms with E-state index in [1.165, 1.54) is 0 Å². The SMILES string of the molecule is CNC(C)CNC(=O)C1CCCN(C(=O)Nc2cccc(C)c2)C1. The molecule has 1 fully saturated rings. The van der Waals surface area contributed by atoms with E-state index in [1.54, 1.807) is 4.90 Å². The molecule has 1 aliphatic rings. The van der Waals surface area contributed by atoms with E-state index in [2.05, 4.69) is 16.0 Å². The van der Waals surface area contributed by atoms with Crippen LogP contribution in [-0.2, 0) is 4.79 Å². The maximum absolute atomic E-state index is 12.4. The van der Waals surface area contributed by atoms with Crippen LogP contribution in [0.25, 0.3) is 0 Å². The number of benzene rings is 1. The second-order valence-electron chi connectivity index (χ2n) is 6.52. The average molecular weight is 332 g/mol. The number of hydrogen-bond acceptors (Lipinski definition) is 3. The summed E-state index contributed by atoms with van der Waals surface area (Å²) in [7, 11) is 1.87. The number of piperidine rings is 1. The van der Waals surface area contributed by atoms with Crippen molar-refractivity contribution in [2.24, 2.45) is 5.92 Å². The number of hydrogen-bond donors (Lipinski definition) is 3. The first-order chi connectivity index (χ1) is 11.5. The van der Waals surface area contributed by atoms with Crippen LogP contribution in [-0.4, -0.2) is 49.6 Å². The highest BCUT2D eigenvalue weighted by atomic mass is 16.2. The topological polar surface area (TPSA) is 73.5 Å². The van der Waals surface area contributed by atoms with Gasteiger partial charge in [-0.25, -0.2) is 4.79 Å². The Hall–Kier alpha value is -2.08. The van der Waals surface area contributed by atoms with Crippen molar-refractivity contribution in [1.82, 2.24) is 15.5 Å². The Morgan fingerprint density at radius 3 is 2.88 bits per heavy atom. The zero-order chi connectivity index (χ0) is 17.5. The molecule has 3 amide bonds. The summed E-state index contributed by atoms with van der Waals surface area (Å²) in [5, 5.41) is 8.97. The van der Waals surface area contributed by atoms with Crippen molar-refractivity contribution in [2.75, 3.05) is 32.0 Å². The van der Waals surface area contributed by atoms with Crippen molar-refractivity contribution in [3.63, 3.8) is 0 Å². The number of rotatable bonds is 5. The van der Waals surface area contributed by atoms with E-state index >= 15 is 0 Å². The van der Waals surface area contributed by atoms with Crippen LogP contribution < -0.4 is 16.0 Å². The van der Waals surface area contributed by atoms with Crippen LogP contribution in [0.2, 0.25) is 0 Å². The van der Waals surface area contributed by atoms with E-state index in [1.807, 2.05) is 45.2 Å². The number of carbonyl (C=O) groups is 2. The van der Waals surface area contributed by atoms with Crippen molar-refractivity contribution in [3.05, 3.63) is 29.8 Å². The molecule has 0 bridgehead atoms. The smallest absolute Gasteiger partial charge is 0.321 e. The van der Waals surface area contributed by atoms with Crippen molar-refractivity contribution >= 4 is 17.6 Å². The molecule has 24 heavy (non-hydrogen) atoms. The molecular weight excluding hydrogens is 304 g/mol. The molecule has 1 aromatic carbocycles. The number of nitrogens with zero attached hydrogens (tertiary/aromatic N) is 1. The molecule has 0 radical (unpaired) electrons. The van der Waals surface area contributed by atoms with Gasteiger partial charge in [-0.2, -0.15) is 0 Å². The first kappa shape index (κ1) is 18.3. The van der Waals surface area contributed by atoms with Gasteiger partial charge in [0, 0.05) is 31.4 Å². The molecule has 132 valence electrons. The van der Waals surface area contributed by atoms with E-state index in [4.69, 9.17) is 0 Å².